The Morgan fingerprint density at radius 1 is 1.29 bits per heavy atom. The fourth-order valence-electron chi connectivity index (χ4n) is 1.05. The summed E-state index contributed by atoms with van der Waals surface area (Å²) in [6.45, 7) is 0. The molecule has 1 aromatic carbocycles. The highest BCUT2D eigenvalue weighted by molar-refractivity contribution is 9.09. The molecule has 0 saturated carbocycles. The van der Waals surface area contributed by atoms with Crippen molar-refractivity contribution in [3.63, 3.8) is 0 Å². The number of halogens is 2. The third-order valence-corrected chi connectivity index (χ3v) is 4.11. The lowest BCUT2D eigenvalue weighted by molar-refractivity contribution is 0.566. The van der Waals surface area contributed by atoms with Crippen LogP contribution in [0.5, 0.6) is 0 Å². The third-order valence-electron chi connectivity index (χ3n) is 1.72. The average Bonchev–Trinajstić information content (AvgIpc) is 2.15. The Hall–Kier alpha value is -0.420. The first-order chi connectivity index (χ1) is 6.58. The molecule has 0 amide bonds. The molecule has 5 heteroatoms. The van der Waals surface area contributed by atoms with Crippen molar-refractivity contribution < 1.29 is 12.8 Å². The molecule has 14 heavy (non-hydrogen) atoms. The summed E-state index contributed by atoms with van der Waals surface area (Å²) in [4.78, 5) is -0.207. The number of benzene rings is 1. The zero-order chi connectivity index (χ0) is 10.6. The van der Waals surface area contributed by atoms with Gasteiger partial charge in [0.1, 0.15) is 10.7 Å². The van der Waals surface area contributed by atoms with Gasteiger partial charge in [-0.05, 0) is 18.6 Å². The maximum atomic E-state index is 13.1. The van der Waals surface area contributed by atoms with Gasteiger partial charge >= 0.3 is 0 Å². The molecule has 0 saturated heterocycles. The molecule has 78 valence electrons. The summed E-state index contributed by atoms with van der Waals surface area (Å²) in [6.07, 6.45) is 0.483. The minimum Gasteiger partial charge on any atom is -0.224 e. The van der Waals surface area contributed by atoms with Gasteiger partial charge in [-0.1, -0.05) is 28.1 Å². The van der Waals surface area contributed by atoms with Gasteiger partial charge in [-0.25, -0.2) is 12.8 Å². The fraction of sp³-hybridized carbons (Fsp3) is 0.333. The summed E-state index contributed by atoms with van der Waals surface area (Å²) in [5.74, 6) is -0.707. The predicted octanol–water partition coefficient (Wildman–Crippen LogP) is 2.38. The number of alkyl halides is 1. The Morgan fingerprint density at radius 3 is 2.50 bits per heavy atom. The first-order valence-corrected chi connectivity index (χ1v) is 6.88. The van der Waals surface area contributed by atoms with Crippen LogP contribution < -0.4 is 0 Å². The molecule has 0 aliphatic heterocycles. The summed E-state index contributed by atoms with van der Waals surface area (Å²) in [6, 6.07) is 5.43. The van der Waals surface area contributed by atoms with E-state index < -0.39 is 15.7 Å². The molecule has 1 rings (SSSR count). The first kappa shape index (κ1) is 11.7. The summed E-state index contributed by atoms with van der Waals surface area (Å²) in [7, 11) is -3.46. The van der Waals surface area contributed by atoms with E-state index in [1.165, 1.54) is 18.2 Å². The Labute approximate surface area is 91.2 Å². The molecular weight excluding hydrogens is 271 g/mol. The van der Waals surface area contributed by atoms with Gasteiger partial charge < -0.3 is 0 Å². The molecule has 0 radical (unpaired) electrons. The van der Waals surface area contributed by atoms with Crippen molar-refractivity contribution in [2.75, 3.05) is 11.1 Å². The standard InChI is InChI=1S/C9H10BrFO2S/c10-6-3-7-14(12,13)9-5-2-1-4-8(9)11/h1-2,4-5H,3,6-7H2. The molecular formula is C9H10BrFO2S. The third kappa shape index (κ3) is 2.78. The molecule has 0 atom stereocenters. The second kappa shape index (κ2) is 4.89. The molecule has 2 nitrogen and oxygen atoms in total. The van der Waals surface area contributed by atoms with E-state index in [0.29, 0.717) is 11.8 Å². The van der Waals surface area contributed by atoms with Gasteiger partial charge in [0.2, 0.25) is 0 Å². The van der Waals surface area contributed by atoms with Gasteiger partial charge in [0.05, 0.1) is 5.75 Å². The van der Waals surface area contributed by atoms with E-state index in [2.05, 4.69) is 15.9 Å². The molecule has 0 fully saturated rings. The summed E-state index contributed by atoms with van der Waals surface area (Å²) < 4.78 is 36.2. The molecule has 1 aromatic rings. The van der Waals surface area contributed by atoms with E-state index in [4.69, 9.17) is 0 Å². The highest BCUT2D eigenvalue weighted by Gasteiger charge is 2.17. The topological polar surface area (TPSA) is 34.1 Å². The maximum Gasteiger partial charge on any atom is 0.181 e. The van der Waals surface area contributed by atoms with Gasteiger partial charge in [-0.15, -0.1) is 0 Å². The second-order valence-corrected chi connectivity index (χ2v) is 5.66. The highest BCUT2D eigenvalue weighted by Crippen LogP contribution is 2.16. The van der Waals surface area contributed by atoms with E-state index in [9.17, 15) is 12.8 Å². The molecule has 0 bridgehead atoms. The van der Waals surface area contributed by atoms with E-state index in [1.807, 2.05) is 0 Å². The van der Waals surface area contributed by atoms with Crippen LogP contribution >= 0.6 is 15.9 Å². The van der Waals surface area contributed by atoms with Gasteiger partial charge in [-0.2, -0.15) is 0 Å². The minimum absolute atomic E-state index is 0.0286. The van der Waals surface area contributed by atoms with Crippen molar-refractivity contribution in [3.8, 4) is 0 Å². The number of hydrogen-bond donors (Lipinski definition) is 0. The van der Waals surface area contributed by atoms with Crippen molar-refractivity contribution in [3.05, 3.63) is 30.1 Å². The summed E-state index contributed by atoms with van der Waals surface area (Å²) in [5.41, 5.74) is 0. The van der Waals surface area contributed by atoms with E-state index in [0.717, 1.165) is 6.07 Å². The fourth-order valence-corrected chi connectivity index (χ4v) is 3.10. The van der Waals surface area contributed by atoms with Crippen molar-refractivity contribution in [2.24, 2.45) is 0 Å². The van der Waals surface area contributed by atoms with Crippen LogP contribution in [0.3, 0.4) is 0 Å². The van der Waals surface area contributed by atoms with Crippen molar-refractivity contribution in [1.82, 2.24) is 0 Å². The predicted molar refractivity (Wildman–Crippen MR) is 56.9 cm³/mol. The van der Waals surface area contributed by atoms with Crippen molar-refractivity contribution in [1.29, 1.82) is 0 Å². The van der Waals surface area contributed by atoms with Crippen molar-refractivity contribution in [2.45, 2.75) is 11.3 Å². The lowest BCUT2D eigenvalue weighted by atomic mass is 10.3. The average molecular weight is 281 g/mol. The Balaban J connectivity index is 2.99. The monoisotopic (exact) mass is 280 g/mol. The Morgan fingerprint density at radius 2 is 1.93 bits per heavy atom. The Bertz CT molecular complexity index is 403. The van der Waals surface area contributed by atoms with Crippen LogP contribution in [0.4, 0.5) is 4.39 Å². The molecule has 0 aromatic heterocycles. The van der Waals surface area contributed by atoms with E-state index >= 15 is 0 Å². The first-order valence-electron chi connectivity index (χ1n) is 4.11. The number of rotatable bonds is 4. The van der Waals surface area contributed by atoms with Crippen LogP contribution in [0.15, 0.2) is 29.2 Å². The normalized spacial score (nSPS) is 11.6. The van der Waals surface area contributed by atoms with Crippen LogP contribution in [0, 0.1) is 5.82 Å². The minimum atomic E-state index is -3.46. The highest BCUT2D eigenvalue weighted by atomic mass is 79.9. The lowest BCUT2D eigenvalue weighted by Crippen LogP contribution is -2.09. The van der Waals surface area contributed by atoms with Gasteiger partial charge in [0, 0.05) is 5.33 Å². The zero-order valence-electron chi connectivity index (χ0n) is 7.41. The second-order valence-electron chi connectivity index (χ2n) is 2.79. The van der Waals surface area contributed by atoms with Crippen LogP contribution in [0.2, 0.25) is 0 Å². The van der Waals surface area contributed by atoms with Crippen LogP contribution in [-0.4, -0.2) is 19.5 Å². The smallest absolute Gasteiger partial charge is 0.181 e. The molecule has 0 N–H and O–H groups in total. The number of hydrogen-bond acceptors (Lipinski definition) is 2. The van der Waals surface area contributed by atoms with Gasteiger partial charge in [-0.3, -0.25) is 0 Å². The van der Waals surface area contributed by atoms with Gasteiger partial charge in [0.15, 0.2) is 9.84 Å². The SMILES string of the molecule is O=S(=O)(CCCBr)c1ccccc1F. The summed E-state index contributed by atoms with van der Waals surface area (Å²) >= 11 is 3.13. The van der Waals surface area contributed by atoms with Gasteiger partial charge in [0.25, 0.3) is 0 Å². The zero-order valence-corrected chi connectivity index (χ0v) is 9.81. The summed E-state index contributed by atoms with van der Waals surface area (Å²) in [5, 5.41) is 0.598. The molecule has 0 aliphatic carbocycles. The molecule has 0 unspecified atom stereocenters. The molecule has 0 aliphatic rings. The maximum absolute atomic E-state index is 13.1. The molecule has 0 spiro atoms. The lowest BCUT2D eigenvalue weighted by Gasteiger charge is -2.03. The van der Waals surface area contributed by atoms with Crippen LogP contribution in [-0.2, 0) is 9.84 Å². The molecule has 0 heterocycles. The largest absolute Gasteiger partial charge is 0.224 e. The van der Waals surface area contributed by atoms with E-state index in [1.54, 1.807) is 0 Å². The number of sulfone groups is 1. The van der Waals surface area contributed by atoms with Crippen molar-refractivity contribution >= 4 is 25.8 Å². The quantitative estimate of drug-likeness (QED) is 0.794. The van der Waals surface area contributed by atoms with E-state index in [-0.39, 0.29) is 10.6 Å². The Kier molecular flexibility index (Phi) is 4.07. The van der Waals surface area contributed by atoms with Crippen LogP contribution in [0.25, 0.3) is 0 Å². The van der Waals surface area contributed by atoms with Crippen LogP contribution in [0.1, 0.15) is 6.42 Å².